The number of nitrogens with zero attached hydrogens (tertiary/aromatic N) is 1. The van der Waals surface area contributed by atoms with Gasteiger partial charge in [0.05, 0.1) is 10.6 Å². The Kier molecular flexibility index (Phi) is 6.54. The minimum absolute atomic E-state index is 0.0597. The van der Waals surface area contributed by atoms with E-state index < -0.39 is 4.92 Å². The van der Waals surface area contributed by atoms with E-state index in [0.29, 0.717) is 19.0 Å². The van der Waals surface area contributed by atoms with E-state index in [4.69, 9.17) is 15.2 Å². The molecule has 6 nitrogen and oxygen atoms in total. The Morgan fingerprint density at radius 1 is 0.964 bits per heavy atom. The van der Waals surface area contributed by atoms with Gasteiger partial charge in [0.25, 0.3) is 5.69 Å². The molecule has 0 radical (unpaired) electrons. The molecule has 0 atom stereocenters. The minimum Gasteiger partial charge on any atom is -0.490 e. The molecule has 2 aromatic rings. The van der Waals surface area contributed by atoms with Crippen molar-refractivity contribution in [2.75, 3.05) is 18.9 Å². The van der Waals surface area contributed by atoms with Crippen molar-refractivity contribution in [2.45, 2.75) is 46.5 Å². The Hall–Kier alpha value is -2.76. The molecule has 0 unspecified atom stereocenters. The number of nitro groups is 1. The van der Waals surface area contributed by atoms with Gasteiger partial charge >= 0.3 is 0 Å². The molecule has 0 heterocycles. The molecule has 0 bridgehead atoms. The van der Waals surface area contributed by atoms with Crippen molar-refractivity contribution in [1.29, 1.82) is 0 Å². The SMILES string of the molecule is CC(C)(C)CC(C)(C)c1ccc(OCCOc2ccc([N+](=O)[O-])cc2N)cc1. The smallest absolute Gasteiger partial charge is 0.271 e. The molecule has 0 spiro atoms. The van der Waals surface area contributed by atoms with Crippen LogP contribution in [0.25, 0.3) is 0 Å². The lowest BCUT2D eigenvalue weighted by Crippen LogP contribution is -2.24. The zero-order chi connectivity index (χ0) is 20.9. The number of nitro benzene ring substituents is 1. The van der Waals surface area contributed by atoms with E-state index in [9.17, 15) is 10.1 Å². The first kappa shape index (κ1) is 21.5. The third-order valence-electron chi connectivity index (χ3n) is 4.42. The van der Waals surface area contributed by atoms with Crippen LogP contribution in [0, 0.1) is 15.5 Å². The molecular weight excluding hydrogens is 356 g/mol. The largest absolute Gasteiger partial charge is 0.490 e. The highest BCUT2D eigenvalue weighted by atomic mass is 16.6. The van der Waals surface area contributed by atoms with Crippen molar-refractivity contribution < 1.29 is 14.4 Å². The van der Waals surface area contributed by atoms with Crippen LogP contribution in [0.1, 0.15) is 46.6 Å². The number of benzene rings is 2. The van der Waals surface area contributed by atoms with Gasteiger partial charge in [-0.05, 0) is 41.0 Å². The summed E-state index contributed by atoms with van der Waals surface area (Å²) in [4.78, 5) is 10.2. The first-order chi connectivity index (χ1) is 13.0. The third-order valence-corrected chi connectivity index (χ3v) is 4.42. The van der Waals surface area contributed by atoms with E-state index in [0.717, 1.165) is 12.2 Å². The Labute approximate surface area is 166 Å². The predicted molar refractivity (Wildman–Crippen MR) is 112 cm³/mol. The van der Waals surface area contributed by atoms with Crippen LogP contribution in [-0.4, -0.2) is 18.1 Å². The summed E-state index contributed by atoms with van der Waals surface area (Å²) in [7, 11) is 0. The second-order valence-electron chi connectivity index (χ2n) is 8.82. The van der Waals surface area contributed by atoms with E-state index in [-0.39, 0.29) is 22.2 Å². The van der Waals surface area contributed by atoms with Gasteiger partial charge in [-0.2, -0.15) is 0 Å². The zero-order valence-electron chi connectivity index (χ0n) is 17.3. The quantitative estimate of drug-likeness (QED) is 0.286. The summed E-state index contributed by atoms with van der Waals surface area (Å²) in [6.45, 7) is 11.9. The standard InChI is InChI=1S/C22H30N2O4/c1-21(2,3)15-22(4,5)16-6-9-18(10-7-16)27-12-13-28-20-11-8-17(24(25)26)14-19(20)23/h6-11,14H,12-13,15,23H2,1-5H3. The lowest BCUT2D eigenvalue weighted by molar-refractivity contribution is -0.384. The van der Waals surface area contributed by atoms with Crippen LogP contribution in [0.2, 0.25) is 0 Å². The van der Waals surface area contributed by atoms with Crippen LogP contribution >= 0.6 is 0 Å². The molecule has 6 heteroatoms. The van der Waals surface area contributed by atoms with Gasteiger partial charge in [0.2, 0.25) is 0 Å². The average Bonchev–Trinajstić information content (AvgIpc) is 2.58. The molecule has 2 aromatic carbocycles. The highest BCUT2D eigenvalue weighted by Crippen LogP contribution is 2.36. The third kappa shape index (κ3) is 6.15. The van der Waals surface area contributed by atoms with Gasteiger partial charge in [-0.15, -0.1) is 0 Å². The van der Waals surface area contributed by atoms with E-state index in [1.807, 2.05) is 12.1 Å². The van der Waals surface area contributed by atoms with Crippen molar-refractivity contribution in [3.63, 3.8) is 0 Å². The summed E-state index contributed by atoms with van der Waals surface area (Å²) < 4.78 is 11.3. The molecule has 0 amide bonds. The molecule has 0 aromatic heterocycles. The van der Waals surface area contributed by atoms with Crippen LogP contribution in [0.15, 0.2) is 42.5 Å². The van der Waals surface area contributed by atoms with Crippen LogP contribution in [-0.2, 0) is 5.41 Å². The molecule has 0 fully saturated rings. The molecule has 2 rings (SSSR count). The molecular formula is C22H30N2O4. The van der Waals surface area contributed by atoms with Crippen molar-refractivity contribution in [1.82, 2.24) is 0 Å². The van der Waals surface area contributed by atoms with Crippen LogP contribution in [0.5, 0.6) is 11.5 Å². The Morgan fingerprint density at radius 2 is 1.57 bits per heavy atom. The number of non-ortho nitro benzene ring substituents is 1. The van der Waals surface area contributed by atoms with Crippen molar-refractivity contribution in [2.24, 2.45) is 5.41 Å². The fourth-order valence-corrected chi connectivity index (χ4v) is 3.52. The topological polar surface area (TPSA) is 87.6 Å². The summed E-state index contributed by atoms with van der Waals surface area (Å²) in [5.41, 5.74) is 7.59. The second-order valence-corrected chi connectivity index (χ2v) is 8.82. The number of ether oxygens (including phenoxy) is 2. The molecule has 28 heavy (non-hydrogen) atoms. The van der Waals surface area contributed by atoms with Gasteiger partial charge in [-0.1, -0.05) is 46.8 Å². The van der Waals surface area contributed by atoms with E-state index in [1.54, 1.807) is 0 Å². The van der Waals surface area contributed by atoms with Crippen molar-refractivity contribution in [3.8, 4) is 11.5 Å². The van der Waals surface area contributed by atoms with Gasteiger partial charge in [0.15, 0.2) is 0 Å². The Bertz CT molecular complexity index is 808. The lowest BCUT2D eigenvalue weighted by Gasteiger charge is -2.33. The summed E-state index contributed by atoms with van der Waals surface area (Å²) in [6.07, 6.45) is 1.09. The fraction of sp³-hybridized carbons (Fsp3) is 0.455. The van der Waals surface area contributed by atoms with Gasteiger partial charge in [0.1, 0.15) is 24.7 Å². The highest BCUT2D eigenvalue weighted by Gasteiger charge is 2.27. The first-order valence-electron chi connectivity index (χ1n) is 9.38. The molecule has 0 saturated carbocycles. The maximum absolute atomic E-state index is 10.7. The van der Waals surface area contributed by atoms with Crippen molar-refractivity contribution in [3.05, 3.63) is 58.1 Å². The lowest BCUT2D eigenvalue weighted by atomic mass is 9.72. The fourth-order valence-electron chi connectivity index (χ4n) is 3.52. The molecule has 0 aliphatic rings. The number of rotatable bonds is 8. The van der Waals surface area contributed by atoms with Crippen LogP contribution in [0.4, 0.5) is 11.4 Å². The number of anilines is 1. The Morgan fingerprint density at radius 3 is 2.11 bits per heavy atom. The van der Waals surface area contributed by atoms with Crippen LogP contribution < -0.4 is 15.2 Å². The highest BCUT2D eigenvalue weighted by molar-refractivity contribution is 5.58. The number of nitrogens with two attached hydrogens (primary N) is 1. The van der Waals surface area contributed by atoms with Gasteiger partial charge in [0, 0.05) is 12.1 Å². The van der Waals surface area contributed by atoms with Crippen LogP contribution in [0.3, 0.4) is 0 Å². The second kappa shape index (κ2) is 8.50. The van der Waals surface area contributed by atoms with Crippen molar-refractivity contribution >= 4 is 11.4 Å². The summed E-state index contributed by atoms with van der Waals surface area (Å²) >= 11 is 0. The zero-order valence-corrected chi connectivity index (χ0v) is 17.3. The predicted octanol–water partition coefficient (Wildman–Crippen LogP) is 5.35. The molecule has 0 aliphatic carbocycles. The van der Waals surface area contributed by atoms with E-state index in [2.05, 4.69) is 46.8 Å². The molecule has 152 valence electrons. The summed E-state index contributed by atoms with van der Waals surface area (Å²) in [5.74, 6) is 1.18. The summed E-state index contributed by atoms with van der Waals surface area (Å²) in [5, 5.41) is 10.7. The monoisotopic (exact) mass is 386 g/mol. The first-order valence-corrected chi connectivity index (χ1v) is 9.38. The minimum atomic E-state index is -0.490. The number of hydrogen-bond acceptors (Lipinski definition) is 5. The normalized spacial score (nSPS) is 11.9. The van der Waals surface area contributed by atoms with Gasteiger partial charge in [-0.3, -0.25) is 10.1 Å². The average molecular weight is 386 g/mol. The molecule has 0 aliphatic heterocycles. The maximum atomic E-state index is 10.7. The van der Waals surface area contributed by atoms with E-state index >= 15 is 0 Å². The Balaban J connectivity index is 1.86. The maximum Gasteiger partial charge on any atom is 0.271 e. The van der Waals surface area contributed by atoms with Gasteiger partial charge < -0.3 is 15.2 Å². The van der Waals surface area contributed by atoms with Gasteiger partial charge in [-0.25, -0.2) is 0 Å². The van der Waals surface area contributed by atoms with E-state index in [1.165, 1.54) is 23.8 Å². The molecule has 0 saturated heterocycles. The number of nitrogen functional groups attached to an aromatic ring is 1. The molecule has 2 N–H and O–H groups in total. The summed E-state index contributed by atoms with van der Waals surface area (Å²) in [6, 6.07) is 12.3. The number of hydrogen-bond donors (Lipinski definition) is 1.